The average molecular weight is 225 g/mol. The quantitative estimate of drug-likeness (QED) is 0.589. The smallest absolute Gasteiger partial charge is 0.271 e. The maximum absolute atomic E-state index is 10.5. The first-order chi connectivity index (χ1) is 7.58. The van der Waals surface area contributed by atoms with Gasteiger partial charge in [0, 0.05) is 6.08 Å². The molecule has 6 heteroatoms. The standard InChI is InChI=1S/C10H11NO5/c1-16-10-5-7(2-3-9(10)13)4-8(6-12)11(14)15/h2-5,12-13H,6H2,1H3/b8-4+. The number of phenolic OH excluding ortho intramolecular Hbond substituents is 1. The highest BCUT2D eigenvalue weighted by Crippen LogP contribution is 2.27. The first-order valence-electron chi connectivity index (χ1n) is 4.41. The highest BCUT2D eigenvalue weighted by Gasteiger charge is 2.09. The lowest BCUT2D eigenvalue weighted by atomic mass is 10.1. The summed E-state index contributed by atoms with van der Waals surface area (Å²) in [5, 5.41) is 28.5. The maximum Gasteiger partial charge on any atom is 0.271 e. The van der Waals surface area contributed by atoms with E-state index in [-0.39, 0.29) is 17.2 Å². The summed E-state index contributed by atoms with van der Waals surface area (Å²) in [6.07, 6.45) is 1.21. The number of hydrogen-bond donors (Lipinski definition) is 2. The third-order valence-electron chi connectivity index (χ3n) is 1.93. The van der Waals surface area contributed by atoms with Crippen molar-refractivity contribution in [1.82, 2.24) is 0 Å². The monoisotopic (exact) mass is 225 g/mol. The van der Waals surface area contributed by atoms with Crippen LogP contribution in [0.4, 0.5) is 0 Å². The van der Waals surface area contributed by atoms with Crippen molar-refractivity contribution in [3.8, 4) is 11.5 Å². The van der Waals surface area contributed by atoms with E-state index in [4.69, 9.17) is 9.84 Å². The topological polar surface area (TPSA) is 92.8 Å². The third-order valence-corrected chi connectivity index (χ3v) is 1.93. The molecule has 0 spiro atoms. The fraction of sp³-hybridized carbons (Fsp3) is 0.200. The van der Waals surface area contributed by atoms with Gasteiger partial charge < -0.3 is 14.9 Å². The lowest BCUT2D eigenvalue weighted by Crippen LogP contribution is -2.02. The first kappa shape index (κ1) is 12.0. The van der Waals surface area contributed by atoms with Gasteiger partial charge in [-0.1, -0.05) is 6.07 Å². The molecule has 1 aromatic carbocycles. The average Bonchev–Trinajstić information content (AvgIpc) is 2.27. The van der Waals surface area contributed by atoms with Gasteiger partial charge in [0.25, 0.3) is 5.70 Å². The van der Waals surface area contributed by atoms with Crippen LogP contribution < -0.4 is 4.74 Å². The third kappa shape index (κ3) is 2.71. The van der Waals surface area contributed by atoms with Gasteiger partial charge in [0.2, 0.25) is 0 Å². The molecular weight excluding hydrogens is 214 g/mol. The second-order valence-electron chi connectivity index (χ2n) is 2.98. The second-order valence-corrected chi connectivity index (χ2v) is 2.98. The van der Waals surface area contributed by atoms with Gasteiger partial charge in [-0.15, -0.1) is 0 Å². The number of aliphatic hydroxyl groups excluding tert-OH is 1. The molecule has 0 saturated carbocycles. The minimum Gasteiger partial charge on any atom is -0.504 e. The predicted molar refractivity (Wildman–Crippen MR) is 56.7 cm³/mol. The molecule has 86 valence electrons. The van der Waals surface area contributed by atoms with Gasteiger partial charge in [0.15, 0.2) is 11.5 Å². The van der Waals surface area contributed by atoms with E-state index >= 15 is 0 Å². The number of hydrogen-bond acceptors (Lipinski definition) is 5. The Hall–Kier alpha value is -2.08. The summed E-state index contributed by atoms with van der Waals surface area (Å²) < 4.78 is 4.85. The minimum atomic E-state index is -0.667. The number of aromatic hydroxyl groups is 1. The van der Waals surface area contributed by atoms with E-state index < -0.39 is 11.5 Å². The van der Waals surface area contributed by atoms with Gasteiger partial charge in [0.05, 0.1) is 12.0 Å². The van der Waals surface area contributed by atoms with Gasteiger partial charge in [-0.25, -0.2) is 0 Å². The molecule has 0 saturated heterocycles. The Morgan fingerprint density at radius 1 is 1.62 bits per heavy atom. The second kappa shape index (κ2) is 5.13. The van der Waals surface area contributed by atoms with Crippen molar-refractivity contribution >= 4 is 6.08 Å². The van der Waals surface area contributed by atoms with E-state index in [1.807, 2.05) is 0 Å². The van der Waals surface area contributed by atoms with Crippen LogP contribution in [0, 0.1) is 10.1 Å². The number of nitro groups is 1. The Morgan fingerprint density at radius 2 is 2.31 bits per heavy atom. The predicted octanol–water partition coefficient (Wildman–Crippen LogP) is 1.01. The number of nitrogens with zero attached hydrogens (tertiary/aromatic N) is 1. The fourth-order valence-electron chi connectivity index (χ4n) is 1.13. The molecule has 2 N–H and O–H groups in total. The molecule has 0 aromatic heterocycles. The zero-order chi connectivity index (χ0) is 12.1. The summed E-state index contributed by atoms with van der Waals surface area (Å²) in [5.74, 6) is 0.167. The fourth-order valence-corrected chi connectivity index (χ4v) is 1.13. The van der Waals surface area contributed by atoms with Crippen LogP contribution in [0.3, 0.4) is 0 Å². The van der Waals surface area contributed by atoms with Crippen LogP contribution >= 0.6 is 0 Å². The van der Waals surface area contributed by atoms with Crippen LogP contribution in [-0.4, -0.2) is 28.9 Å². The largest absolute Gasteiger partial charge is 0.504 e. The van der Waals surface area contributed by atoms with Crippen LogP contribution in [0.2, 0.25) is 0 Å². The summed E-state index contributed by atoms with van der Waals surface area (Å²) in [5.41, 5.74) is 0.142. The molecular formula is C10H11NO5. The van der Waals surface area contributed by atoms with Gasteiger partial charge in [-0.2, -0.15) is 0 Å². The van der Waals surface area contributed by atoms with Crippen LogP contribution in [0.5, 0.6) is 11.5 Å². The Morgan fingerprint density at radius 3 is 2.81 bits per heavy atom. The summed E-state index contributed by atoms with van der Waals surface area (Å²) in [4.78, 5) is 9.79. The molecule has 0 heterocycles. The zero-order valence-corrected chi connectivity index (χ0v) is 8.58. The van der Waals surface area contributed by atoms with E-state index in [0.29, 0.717) is 5.56 Å². The van der Waals surface area contributed by atoms with Gasteiger partial charge >= 0.3 is 0 Å². The lowest BCUT2D eigenvalue weighted by molar-refractivity contribution is -0.428. The van der Waals surface area contributed by atoms with Gasteiger partial charge in [0.1, 0.15) is 6.61 Å². The molecule has 0 bridgehead atoms. The Bertz CT molecular complexity index is 427. The molecule has 0 atom stereocenters. The highest BCUT2D eigenvalue weighted by atomic mass is 16.6. The molecule has 0 aliphatic carbocycles. The van der Waals surface area contributed by atoms with E-state index in [0.717, 1.165) is 0 Å². The summed E-state index contributed by atoms with van der Waals surface area (Å²) in [6, 6.07) is 4.28. The Labute approximate surface area is 91.6 Å². The molecule has 6 nitrogen and oxygen atoms in total. The van der Waals surface area contributed by atoms with Crippen LogP contribution in [0.25, 0.3) is 6.08 Å². The lowest BCUT2D eigenvalue weighted by Gasteiger charge is -2.03. The van der Waals surface area contributed by atoms with Crippen molar-refractivity contribution in [2.24, 2.45) is 0 Å². The molecule has 1 aromatic rings. The molecule has 0 unspecified atom stereocenters. The molecule has 0 radical (unpaired) electrons. The van der Waals surface area contributed by atoms with Gasteiger partial charge in [-0.05, 0) is 17.7 Å². The van der Waals surface area contributed by atoms with Crippen molar-refractivity contribution in [2.75, 3.05) is 13.7 Å². The number of methoxy groups -OCH3 is 1. The summed E-state index contributed by atoms with van der Waals surface area (Å²) >= 11 is 0. The Balaban J connectivity index is 3.10. The molecule has 16 heavy (non-hydrogen) atoms. The van der Waals surface area contributed by atoms with Crippen molar-refractivity contribution in [3.05, 3.63) is 39.6 Å². The maximum atomic E-state index is 10.5. The van der Waals surface area contributed by atoms with Gasteiger partial charge in [-0.3, -0.25) is 10.1 Å². The van der Waals surface area contributed by atoms with Crippen LogP contribution in [0.1, 0.15) is 5.56 Å². The molecule has 0 aliphatic rings. The zero-order valence-electron chi connectivity index (χ0n) is 8.58. The van der Waals surface area contributed by atoms with E-state index in [1.165, 1.54) is 31.4 Å². The highest BCUT2D eigenvalue weighted by molar-refractivity contribution is 5.56. The Kier molecular flexibility index (Phi) is 3.84. The summed E-state index contributed by atoms with van der Waals surface area (Å²) in [6.45, 7) is -0.657. The molecule has 0 amide bonds. The summed E-state index contributed by atoms with van der Waals surface area (Å²) in [7, 11) is 1.38. The molecule has 0 aliphatic heterocycles. The number of ether oxygens (including phenoxy) is 1. The molecule has 1 rings (SSSR count). The van der Waals surface area contributed by atoms with E-state index in [9.17, 15) is 15.2 Å². The molecule has 0 fully saturated rings. The van der Waals surface area contributed by atoms with E-state index in [2.05, 4.69) is 0 Å². The van der Waals surface area contributed by atoms with Crippen molar-refractivity contribution in [1.29, 1.82) is 0 Å². The van der Waals surface area contributed by atoms with Crippen molar-refractivity contribution < 1.29 is 19.9 Å². The normalized spacial score (nSPS) is 11.2. The number of benzene rings is 1. The number of rotatable bonds is 4. The van der Waals surface area contributed by atoms with Crippen LogP contribution in [0.15, 0.2) is 23.9 Å². The number of phenols is 1. The van der Waals surface area contributed by atoms with Crippen molar-refractivity contribution in [3.63, 3.8) is 0 Å². The van der Waals surface area contributed by atoms with Crippen molar-refractivity contribution in [2.45, 2.75) is 0 Å². The van der Waals surface area contributed by atoms with Crippen LogP contribution in [-0.2, 0) is 0 Å². The first-order valence-corrected chi connectivity index (χ1v) is 4.41. The SMILES string of the molecule is COc1cc(/C=C(\CO)[N+](=O)[O-])ccc1O. The van der Waals surface area contributed by atoms with E-state index in [1.54, 1.807) is 0 Å². The number of aliphatic hydroxyl groups is 1. The minimum absolute atomic E-state index is 0.0497.